The number of rotatable bonds is 8. The zero-order valence-corrected chi connectivity index (χ0v) is 12.9. The quantitative estimate of drug-likeness (QED) is 0.553. The first-order chi connectivity index (χ1) is 11.2. The lowest BCUT2D eigenvalue weighted by molar-refractivity contribution is -0.145. The van der Waals surface area contributed by atoms with Crippen LogP contribution in [0, 0.1) is 0 Å². The highest BCUT2D eigenvalue weighted by Gasteiger charge is 2.04. The molecule has 23 heavy (non-hydrogen) atoms. The number of benzene rings is 2. The van der Waals surface area contributed by atoms with Crippen molar-refractivity contribution in [1.29, 1.82) is 0 Å². The summed E-state index contributed by atoms with van der Waals surface area (Å²) in [5.74, 6) is 0.785. The third kappa shape index (κ3) is 5.47. The van der Waals surface area contributed by atoms with Crippen LogP contribution in [0.4, 0.5) is 0 Å². The summed E-state index contributed by atoms with van der Waals surface area (Å²) >= 11 is 0. The van der Waals surface area contributed by atoms with Gasteiger partial charge >= 0.3 is 5.97 Å². The van der Waals surface area contributed by atoms with E-state index in [4.69, 9.17) is 14.2 Å². The summed E-state index contributed by atoms with van der Waals surface area (Å²) in [4.78, 5) is 22.0. The molecule has 5 heteroatoms. The molecule has 2 aromatic rings. The van der Waals surface area contributed by atoms with Gasteiger partial charge in [0, 0.05) is 5.56 Å². The van der Waals surface area contributed by atoms with E-state index in [1.807, 2.05) is 12.1 Å². The van der Waals surface area contributed by atoms with Crippen molar-refractivity contribution in [3.05, 3.63) is 59.7 Å². The van der Waals surface area contributed by atoms with Crippen LogP contribution in [0.25, 0.3) is 0 Å². The van der Waals surface area contributed by atoms with E-state index in [0.717, 1.165) is 11.8 Å². The van der Waals surface area contributed by atoms with Crippen molar-refractivity contribution in [3.8, 4) is 11.5 Å². The number of carbonyl (C=O) groups excluding carboxylic acids is 2. The summed E-state index contributed by atoms with van der Waals surface area (Å²) in [7, 11) is 0. The van der Waals surface area contributed by atoms with Gasteiger partial charge in [-0.3, -0.25) is 4.79 Å². The van der Waals surface area contributed by atoms with Gasteiger partial charge in [-0.2, -0.15) is 0 Å². The number of ether oxygens (including phenoxy) is 3. The monoisotopic (exact) mass is 314 g/mol. The van der Waals surface area contributed by atoms with Gasteiger partial charge in [-0.1, -0.05) is 24.3 Å². The fraction of sp³-hybridized carbons (Fsp3) is 0.222. The van der Waals surface area contributed by atoms with E-state index in [0.29, 0.717) is 30.3 Å². The molecule has 0 heterocycles. The lowest BCUT2D eigenvalue weighted by Crippen LogP contribution is -2.14. The van der Waals surface area contributed by atoms with E-state index in [9.17, 15) is 9.59 Å². The van der Waals surface area contributed by atoms with Crippen molar-refractivity contribution >= 4 is 12.3 Å². The molecule has 0 aliphatic heterocycles. The second-order valence-electron chi connectivity index (χ2n) is 4.72. The molecule has 0 unspecified atom stereocenters. The highest BCUT2D eigenvalue weighted by Crippen LogP contribution is 2.17. The maximum atomic E-state index is 11.3. The van der Waals surface area contributed by atoms with Gasteiger partial charge in [-0.25, -0.2) is 4.79 Å². The highest BCUT2D eigenvalue weighted by atomic mass is 16.6. The Kier molecular flexibility index (Phi) is 6.17. The molecule has 0 atom stereocenters. The maximum Gasteiger partial charge on any atom is 0.344 e. The van der Waals surface area contributed by atoms with Crippen LogP contribution in [-0.2, 0) is 16.1 Å². The first-order valence-electron chi connectivity index (χ1n) is 7.26. The number of hydrogen-bond acceptors (Lipinski definition) is 5. The van der Waals surface area contributed by atoms with Crippen molar-refractivity contribution < 1.29 is 23.8 Å². The Labute approximate surface area is 134 Å². The number of aldehydes is 1. The summed E-state index contributed by atoms with van der Waals surface area (Å²) < 4.78 is 15.8. The van der Waals surface area contributed by atoms with E-state index < -0.39 is 5.97 Å². The summed E-state index contributed by atoms with van der Waals surface area (Å²) in [6.07, 6.45) is 0.775. The number of esters is 1. The van der Waals surface area contributed by atoms with E-state index in [2.05, 4.69) is 0 Å². The normalized spacial score (nSPS) is 9.96. The van der Waals surface area contributed by atoms with Crippen molar-refractivity contribution in [2.45, 2.75) is 13.5 Å². The minimum Gasteiger partial charge on any atom is -0.489 e. The zero-order chi connectivity index (χ0) is 16.5. The molecule has 2 rings (SSSR count). The van der Waals surface area contributed by atoms with Crippen molar-refractivity contribution in [2.24, 2.45) is 0 Å². The van der Waals surface area contributed by atoms with Gasteiger partial charge in [0.15, 0.2) is 6.61 Å². The van der Waals surface area contributed by atoms with E-state index in [1.54, 1.807) is 43.3 Å². The molecule has 120 valence electrons. The van der Waals surface area contributed by atoms with Gasteiger partial charge in [0.2, 0.25) is 0 Å². The van der Waals surface area contributed by atoms with Gasteiger partial charge in [0.25, 0.3) is 0 Å². The third-order valence-corrected chi connectivity index (χ3v) is 2.96. The van der Waals surface area contributed by atoms with Crippen molar-refractivity contribution in [3.63, 3.8) is 0 Å². The van der Waals surface area contributed by atoms with Crippen LogP contribution in [0.3, 0.4) is 0 Å². The first kappa shape index (κ1) is 16.5. The molecule has 0 saturated carbocycles. The predicted octanol–water partition coefficient (Wildman–Crippen LogP) is 3.02. The van der Waals surface area contributed by atoms with E-state index in [-0.39, 0.29) is 6.61 Å². The SMILES string of the molecule is CCOC(=O)COc1cccc(COc2cccc(C=O)c2)c1. The van der Waals surface area contributed by atoms with E-state index in [1.165, 1.54) is 0 Å². The smallest absolute Gasteiger partial charge is 0.344 e. The number of hydrogen-bond donors (Lipinski definition) is 0. The molecule has 0 fully saturated rings. The molecular formula is C18H18O5. The second kappa shape index (κ2) is 8.58. The fourth-order valence-corrected chi connectivity index (χ4v) is 1.91. The van der Waals surface area contributed by atoms with Crippen LogP contribution < -0.4 is 9.47 Å². The Morgan fingerprint density at radius 1 is 1.04 bits per heavy atom. The highest BCUT2D eigenvalue weighted by molar-refractivity contribution is 5.75. The van der Waals surface area contributed by atoms with Crippen LogP contribution in [0.1, 0.15) is 22.8 Å². The van der Waals surface area contributed by atoms with Crippen LogP contribution in [0.5, 0.6) is 11.5 Å². The molecular weight excluding hydrogens is 296 g/mol. The Hall–Kier alpha value is -2.82. The molecule has 0 spiro atoms. The van der Waals surface area contributed by atoms with Gasteiger partial charge in [0.05, 0.1) is 6.61 Å². The Morgan fingerprint density at radius 3 is 2.52 bits per heavy atom. The van der Waals surface area contributed by atoms with E-state index >= 15 is 0 Å². The minimum absolute atomic E-state index is 0.125. The molecule has 0 bridgehead atoms. The Morgan fingerprint density at radius 2 is 1.78 bits per heavy atom. The van der Waals surface area contributed by atoms with Crippen LogP contribution >= 0.6 is 0 Å². The summed E-state index contributed by atoms with van der Waals surface area (Å²) in [5, 5.41) is 0. The molecule has 0 amide bonds. The lowest BCUT2D eigenvalue weighted by Gasteiger charge is -2.09. The maximum absolute atomic E-state index is 11.3. The van der Waals surface area contributed by atoms with Gasteiger partial charge in [0.1, 0.15) is 24.4 Å². The zero-order valence-electron chi connectivity index (χ0n) is 12.9. The van der Waals surface area contributed by atoms with Crippen LogP contribution in [0.2, 0.25) is 0 Å². The molecule has 5 nitrogen and oxygen atoms in total. The Bertz CT molecular complexity index is 666. The molecule has 0 saturated heterocycles. The van der Waals surface area contributed by atoms with Crippen molar-refractivity contribution in [2.75, 3.05) is 13.2 Å². The second-order valence-corrected chi connectivity index (χ2v) is 4.72. The average molecular weight is 314 g/mol. The molecule has 2 aromatic carbocycles. The summed E-state index contributed by atoms with van der Waals surface area (Å²) in [5.41, 5.74) is 1.46. The summed E-state index contributed by atoms with van der Waals surface area (Å²) in [6.45, 7) is 2.28. The third-order valence-electron chi connectivity index (χ3n) is 2.96. The predicted molar refractivity (Wildman–Crippen MR) is 84.7 cm³/mol. The lowest BCUT2D eigenvalue weighted by atomic mass is 10.2. The van der Waals surface area contributed by atoms with Gasteiger partial charge in [-0.15, -0.1) is 0 Å². The molecule has 0 aliphatic carbocycles. The fourth-order valence-electron chi connectivity index (χ4n) is 1.91. The summed E-state index contributed by atoms with van der Waals surface area (Å²) in [6, 6.07) is 14.2. The molecule has 0 aliphatic rings. The van der Waals surface area contributed by atoms with Crippen molar-refractivity contribution in [1.82, 2.24) is 0 Å². The van der Waals surface area contributed by atoms with Gasteiger partial charge in [-0.05, 0) is 36.8 Å². The average Bonchev–Trinajstić information content (AvgIpc) is 2.59. The van der Waals surface area contributed by atoms with Crippen LogP contribution in [-0.4, -0.2) is 25.5 Å². The van der Waals surface area contributed by atoms with Gasteiger partial charge < -0.3 is 14.2 Å². The molecule has 0 radical (unpaired) electrons. The topological polar surface area (TPSA) is 61.8 Å². The molecule has 0 N–H and O–H groups in total. The molecule has 0 aromatic heterocycles. The standard InChI is InChI=1S/C18H18O5/c1-2-21-18(20)13-23-17-8-4-6-15(10-17)12-22-16-7-3-5-14(9-16)11-19/h3-11H,2,12-13H2,1H3. The Balaban J connectivity index is 1.91. The minimum atomic E-state index is -0.403. The first-order valence-corrected chi connectivity index (χ1v) is 7.26. The number of carbonyl (C=O) groups is 2. The largest absolute Gasteiger partial charge is 0.489 e. The van der Waals surface area contributed by atoms with Crippen LogP contribution in [0.15, 0.2) is 48.5 Å².